The molecule has 0 aromatic heterocycles. The fourth-order valence-corrected chi connectivity index (χ4v) is 1.31. The first kappa shape index (κ1) is 12.8. The first-order valence-electron chi connectivity index (χ1n) is 5.12. The highest BCUT2D eigenvalue weighted by Gasteiger charge is 2.08. The average molecular weight is 237 g/mol. The van der Waals surface area contributed by atoms with Gasteiger partial charge in [0, 0.05) is 12.7 Å². The second-order valence-corrected chi connectivity index (χ2v) is 3.22. The lowest BCUT2D eigenvalue weighted by molar-refractivity contribution is 0.0937. The molecule has 0 aliphatic carbocycles. The zero-order chi connectivity index (χ0) is 12.7. The van der Waals surface area contributed by atoms with Gasteiger partial charge in [-0.2, -0.15) is 0 Å². The van der Waals surface area contributed by atoms with Crippen LogP contribution in [0.5, 0.6) is 0 Å². The monoisotopic (exact) mass is 237 g/mol. The summed E-state index contributed by atoms with van der Waals surface area (Å²) in [6.45, 7) is 0.280. The maximum atomic E-state index is 11.7. The van der Waals surface area contributed by atoms with E-state index in [4.69, 9.17) is 5.73 Å². The summed E-state index contributed by atoms with van der Waals surface area (Å²) in [5.41, 5.74) is 6.06. The van der Waals surface area contributed by atoms with E-state index in [1.165, 1.54) is 0 Å². The van der Waals surface area contributed by atoms with Crippen molar-refractivity contribution in [1.82, 2.24) is 5.32 Å². The van der Waals surface area contributed by atoms with Crippen LogP contribution >= 0.6 is 0 Å². The molecule has 0 aliphatic rings. The summed E-state index contributed by atoms with van der Waals surface area (Å²) in [5.74, 6) is -0.233. The zero-order valence-electron chi connectivity index (χ0n) is 9.53. The summed E-state index contributed by atoms with van der Waals surface area (Å²) < 4.78 is 4.49. The summed E-state index contributed by atoms with van der Waals surface area (Å²) in [6, 6.07) is 7.11. The molecule has 0 saturated carbocycles. The molecule has 1 aromatic rings. The number of amides is 2. The van der Waals surface area contributed by atoms with Crippen LogP contribution in [0.2, 0.25) is 0 Å². The van der Waals surface area contributed by atoms with E-state index in [-0.39, 0.29) is 19.1 Å². The molecule has 0 spiro atoms. The highest BCUT2D eigenvalue weighted by molar-refractivity contribution is 5.99. The van der Waals surface area contributed by atoms with E-state index in [2.05, 4.69) is 15.4 Å². The first-order valence-corrected chi connectivity index (χ1v) is 5.12. The van der Waals surface area contributed by atoms with Crippen LogP contribution in [0, 0.1) is 0 Å². The molecule has 6 nitrogen and oxygen atoms in total. The fourth-order valence-electron chi connectivity index (χ4n) is 1.31. The number of nitrogens with two attached hydrogens (primary N) is 1. The van der Waals surface area contributed by atoms with E-state index in [0.29, 0.717) is 5.56 Å². The topological polar surface area (TPSA) is 93.4 Å². The number of benzene rings is 1. The minimum absolute atomic E-state index is 0.0583. The molecule has 1 rings (SSSR count). The Morgan fingerprint density at radius 2 is 2.06 bits per heavy atom. The van der Waals surface area contributed by atoms with E-state index in [9.17, 15) is 9.59 Å². The Bertz CT molecular complexity index is 407. The molecule has 2 amide bonds. The molecule has 17 heavy (non-hydrogen) atoms. The van der Waals surface area contributed by atoms with Crippen molar-refractivity contribution < 1.29 is 14.3 Å². The number of carbonyl (C=O) groups excluding carboxylic acids is 2. The molecule has 0 fully saturated rings. The molecular formula is C11H15N3O3. The smallest absolute Gasteiger partial charge is 0.404 e. The van der Waals surface area contributed by atoms with Crippen LogP contribution in [0.1, 0.15) is 10.4 Å². The number of ether oxygens (including phenoxy) is 1. The van der Waals surface area contributed by atoms with Crippen LogP contribution in [-0.4, -0.2) is 32.2 Å². The van der Waals surface area contributed by atoms with Crippen LogP contribution in [0.4, 0.5) is 10.5 Å². The van der Waals surface area contributed by atoms with Crippen molar-refractivity contribution in [2.45, 2.75) is 0 Å². The van der Waals surface area contributed by atoms with Crippen molar-refractivity contribution in [1.29, 1.82) is 0 Å². The minimum atomic E-state index is -0.852. The van der Waals surface area contributed by atoms with E-state index in [1.807, 2.05) is 6.07 Å². The van der Waals surface area contributed by atoms with Crippen molar-refractivity contribution in [3.63, 3.8) is 0 Å². The van der Waals surface area contributed by atoms with Gasteiger partial charge in [0.1, 0.15) is 6.61 Å². The normalized spacial score (nSPS) is 9.47. The maximum Gasteiger partial charge on any atom is 0.404 e. The summed E-state index contributed by atoms with van der Waals surface area (Å²) in [6.07, 6.45) is -0.852. The summed E-state index contributed by atoms with van der Waals surface area (Å²) in [5, 5.41) is 5.54. The minimum Gasteiger partial charge on any atom is -0.448 e. The maximum absolute atomic E-state index is 11.7. The Morgan fingerprint density at radius 1 is 1.35 bits per heavy atom. The lowest BCUT2D eigenvalue weighted by Crippen LogP contribution is -2.29. The van der Waals surface area contributed by atoms with Crippen molar-refractivity contribution in [2.24, 2.45) is 5.73 Å². The van der Waals surface area contributed by atoms with Gasteiger partial charge in [-0.15, -0.1) is 0 Å². The number of carbonyl (C=O) groups is 2. The Labute approximate surface area is 99.1 Å². The number of anilines is 1. The predicted molar refractivity (Wildman–Crippen MR) is 63.9 cm³/mol. The Hall–Kier alpha value is -2.24. The summed E-state index contributed by atoms with van der Waals surface area (Å²) in [4.78, 5) is 22.0. The van der Waals surface area contributed by atoms with Crippen molar-refractivity contribution in [3.05, 3.63) is 29.8 Å². The molecule has 0 atom stereocenters. The standard InChI is InChI=1S/C11H15N3O3/c1-13-9-5-3-2-4-8(9)10(15)14-6-7-17-11(12)16/h2-5,13H,6-7H2,1H3,(H2,12,16)(H,14,15). The van der Waals surface area contributed by atoms with Crippen molar-refractivity contribution >= 4 is 17.7 Å². The third-order valence-electron chi connectivity index (χ3n) is 2.07. The van der Waals surface area contributed by atoms with Crippen LogP contribution in [0.25, 0.3) is 0 Å². The first-order chi connectivity index (χ1) is 8.15. The van der Waals surface area contributed by atoms with E-state index < -0.39 is 6.09 Å². The Morgan fingerprint density at radius 3 is 2.71 bits per heavy atom. The van der Waals surface area contributed by atoms with Gasteiger partial charge < -0.3 is 21.1 Å². The lowest BCUT2D eigenvalue weighted by Gasteiger charge is -2.09. The molecule has 6 heteroatoms. The SMILES string of the molecule is CNc1ccccc1C(=O)NCCOC(N)=O. The number of rotatable bonds is 5. The zero-order valence-corrected chi connectivity index (χ0v) is 9.53. The second-order valence-electron chi connectivity index (χ2n) is 3.22. The van der Waals surface area contributed by atoms with Gasteiger partial charge in [-0.1, -0.05) is 12.1 Å². The van der Waals surface area contributed by atoms with Gasteiger partial charge in [0.25, 0.3) is 5.91 Å². The summed E-state index contributed by atoms with van der Waals surface area (Å²) in [7, 11) is 1.74. The molecule has 0 aliphatic heterocycles. The fraction of sp³-hybridized carbons (Fsp3) is 0.273. The molecule has 1 aromatic carbocycles. The van der Waals surface area contributed by atoms with Crippen molar-refractivity contribution in [2.75, 3.05) is 25.5 Å². The van der Waals surface area contributed by atoms with Gasteiger partial charge in [0.15, 0.2) is 0 Å². The molecular weight excluding hydrogens is 222 g/mol. The van der Waals surface area contributed by atoms with E-state index in [1.54, 1.807) is 25.2 Å². The third-order valence-corrected chi connectivity index (χ3v) is 2.07. The van der Waals surface area contributed by atoms with Gasteiger partial charge in [-0.25, -0.2) is 4.79 Å². The van der Waals surface area contributed by atoms with Crippen molar-refractivity contribution in [3.8, 4) is 0 Å². The Kier molecular flexibility index (Phi) is 4.80. The molecule has 0 unspecified atom stereocenters. The highest BCUT2D eigenvalue weighted by Crippen LogP contribution is 2.13. The molecule has 0 bridgehead atoms. The van der Waals surface area contributed by atoms with Gasteiger partial charge in [0.2, 0.25) is 0 Å². The van der Waals surface area contributed by atoms with Gasteiger partial charge in [-0.05, 0) is 12.1 Å². The predicted octanol–water partition coefficient (Wildman–Crippen LogP) is 0.553. The number of primary amides is 1. The van der Waals surface area contributed by atoms with Crippen LogP contribution < -0.4 is 16.4 Å². The van der Waals surface area contributed by atoms with Gasteiger partial charge in [-0.3, -0.25) is 4.79 Å². The molecule has 4 N–H and O–H groups in total. The number of hydrogen-bond acceptors (Lipinski definition) is 4. The van der Waals surface area contributed by atoms with Crippen LogP contribution in [-0.2, 0) is 4.74 Å². The Balaban J connectivity index is 2.49. The number of hydrogen-bond donors (Lipinski definition) is 3. The molecule has 92 valence electrons. The highest BCUT2D eigenvalue weighted by atomic mass is 16.5. The third kappa shape index (κ3) is 4.02. The van der Waals surface area contributed by atoms with E-state index >= 15 is 0 Å². The molecule has 0 saturated heterocycles. The molecule has 0 radical (unpaired) electrons. The van der Waals surface area contributed by atoms with Gasteiger partial charge in [0.05, 0.1) is 12.1 Å². The quantitative estimate of drug-likeness (QED) is 0.652. The second kappa shape index (κ2) is 6.37. The lowest BCUT2D eigenvalue weighted by atomic mass is 10.1. The van der Waals surface area contributed by atoms with Gasteiger partial charge >= 0.3 is 6.09 Å². The molecule has 0 heterocycles. The largest absolute Gasteiger partial charge is 0.448 e. The number of nitrogens with one attached hydrogen (secondary N) is 2. The van der Waals surface area contributed by atoms with Crippen LogP contribution in [0.15, 0.2) is 24.3 Å². The van der Waals surface area contributed by atoms with Crippen LogP contribution in [0.3, 0.4) is 0 Å². The summed E-state index contributed by atoms with van der Waals surface area (Å²) >= 11 is 0. The van der Waals surface area contributed by atoms with E-state index in [0.717, 1.165) is 5.69 Å². The number of para-hydroxylation sites is 1. The average Bonchev–Trinajstić information content (AvgIpc) is 2.34.